The largest absolute Gasteiger partial charge is 0.492 e. The molecule has 0 amide bonds. The maximum Gasteiger partial charge on any atom is 0.123 e. The van der Waals surface area contributed by atoms with Gasteiger partial charge in [0.25, 0.3) is 0 Å². The number of nitrogens with zero attached hydrogens (tertiary/aromatic N) is 4. The second-order valence-corrected chi connectivity index (χ2v) is 6.42. The molecule has 2 aromatic heterocycles. The highest BCUT2D eigenvalue weighted by atomic mass is 19.1. The highest BCUT2D eigenvalue weighted by molar-refractivity contribution is 5.61. The molecule has 0 spiro atoms. The van der Waals surface area contributed by atoms with E-state index in [1.54, 1.807) is 18.3 Å². The predicted octanol–water partition coefficient (Wildman–Crippen LogP) is 4.21. The summed E-state index contributed by atoms with van der Waals surface area (Å²) in [7, 11) is 0. The van der Waals surface area contributed by atoms with E-state index in [9.17, 15) is 4.39 Å². The monoisotopic (exact) mass is 376 g/mol. The van der Waals surface area contributed by atoms with Crippen LogP contribution in [0.5, 0.6) is 5.75 Å². The molecular formula is C22H21FN4O. The molecule has 0 N–H and O–H groups in total. The maximum absolute atomic E-state index is 13.0. The lowest BCUT2D eigenvalue weighted by molar-refractivity contribution is 0.296. The fraction of sp³-hybridized carbons (Fsp3) is 0.182. The number of aromatic nitrogens is 4. The third kappa shape index (κ3) is 4.28. The summed E-state index contributed by atoms with van der Waals surface area (Å²) in [6.07, 6.45) is 6.41. The molecule has 0 aliphatic rings. The molecule has 28 heavy (non-hydrogen) atoms. The van der Waals surface area contributed by atoms with E-state index < -0.39 is 0 Å². The van der Waals surface area contributed by atoms with E-state index in [0.29, 0.717) is 18.9 Å². The van der Waals surface area contributed by atoms with E-state index in [1.165, 1.54) is 12.1 Å². The Labute approximate surface area is 163 Å². The van der Waals surface area contributed by atoms with Crippen LogP contribution in [-0.2, 0) is 19.5 Å². The predicted molar refractivity (Wildman–Crippen MR) is 105 cm³/mol. The molecule has 2 aromatic carbocycles. The second-order valence-electron chi connectivity index (χ2n) is 6.42. The molecule has 0 saturated carbocycles. The lowest BCUT2D eigenvalue weighted by atomic mass is 10.1. The van der Waals surface area contributed by atoms with E-state index in [1.807, 2.05) is 41.5 Å². The highest BCUT2D eigenvalue weighted by Crippen LogP contribution is 2.23. The standard InChI is InChI=1S/C22H21FN4O/c23-19-7-9-20(10-8-19)28-16-15-26-17-24-22(18-5-2-1-3-6-18)21(26)11-14-27-13-4-12-25-27/h1-10,12-13,17H,11,14-16H2. The van der Waals surface area contributed by atoms with Crippen molar-refractivity contribution in [1.29, 1.82) is 0 Å². The SMILES string of the molecule is Fc1ccc(OCCn2cnc(-c3ccccc3)c2CCn2cccn2)cc1. The van der Waals surface area contributed by atoms with E-state index >= 15 is 0 Å². The van der Waals surface area contributed by atoms with Gasteiger partial charge in [-0.15, -0.1) is 0 Å². The minimum atomic E-state index is -0.268. The first kappa shape index (κ1) is 18.0. The van der Waals surface area contributed by atoms with Gasteiger partial charge in [0.05, 0.1) is 18.6 Å². The van der Waals surface area contributed by atoms with Crippen molar-refractivity contribution in [2.24, 2.45) is 0 Å². The molecule has 0 aliphatic carbocycles. The summed E-state index contributed by atoms with van der Waals surface area (Å²) in [6, 6.07) is 18.2. The molecular weight excluding hydrogens is 355 g/mol. The van der Waals surface area contributed by atoms with Gasteiger partial charge in [-0.1, -0.05) is 30.3 Å². The molecule has 0 saturated heterocycles. The van der Waals surface area contributed by atoms with Gasteiger partial charge in [0.1, 0.15) is 18.2 Å². The van der Waals surface area contributed by atoms with Gasteiger partial charge in [-0.2, -0.15) is 5.10 Å². The number of imidazole rings is 1. The lowest BCUT2D eigenvalue weighted by Gasteiger charge is -2.12. The first-order valence-electron chi connectivity index (χ1n) is 9.25. The Morgan fingerprint density at radius 2 is 1.75 bits per heavy atom. The number of rotatable bonds is 8. The van der Waals surface area contributed by atoms with Crippen LogP contribution in [0.1, 0.15) is 5.69 Å². The summed E-state index contributed by atoms with van der Waals surface area (Å²) in [4.78, 5) is 4.65. The molecule has 0 unspecified atom stereocenters. The minimum absolute atomic E-state index is 0.268. The van der Waals surface area contributed by atoms with Crippen LogP contribution in [0.25, 0.3) is 11.3 Å². The Bertz CT molecular complexity index is 995. The van der Waals surface area contributed by atoms with Gasteiger partial charge in [0, 0.05) is 36.6 Å². The summed E-state index contributed by atoms with van der Waals surface area (Å²) < 4.78 is 22.8. The smallest absolute Gasteiger partial charge is 0.123 e. The van der Waals surface area contributed by atoms with Crippen molar-refractivity contribution < 1.29 is 9.13 Å². The number of hydrogen-bond donors (Lipinski definition) is 0. The molecule has 2 heterocycles. The van der Waals surface area contributed by atoms with E-state index in [0.717, 1.165) is 29.9 Å². The molecule has 4 rings (SSSR count). The zero-order valence-electron chi connectivity index (χ0n) is 15.4. The average molecular weight is 376 g/mol. The summed E-state index contributed by atoms with van der Waals surface area (Å²) >= 11 is 0. The normalized spacial score (nSPS) is 10.9. The summed E-state index contributed by atoms with van der Waals surface area (Å²) in [5.41, 5.74) is 3.22. The van der Waals surface area contributed by atoms with Gasteiger partial charge in [-0.3, -0.25) is 4.68 Å². The zero-order valence-corrected chi connectivity index (χ0v) is 15.4. The van der Waals surface area contributed by atoms with Gasteiger partial charge in [0.15, 0.2) is 0 Å². The first-order chi connectivity index (χ1) is 13.8. The Hall–Kier alpha value is -3.41. The Morgan fingerprint density at radius 1 is 0.929 bits per heavy atom. The maximum atomic E-state index is 13.0. The molecule has 0 radical (unpaired) electrons. The number of aryl methyl sites for hydroxylation is 1. The fourth-order valence-corrected chi connectivity index (χ4v) is 3.15. The van der Waals surface area contributed by atoms with E-state index in [2.05, 4.69) is 26.8 Å². The topological polar surface area (TPSA) is 44.9 Å². The highest BCUT2D eigenvalue weighted by Gasteiger charge is 2.13. The van der Waals surface area contributed by atoms with Crippen LogP contribution >= 0.6 is 0 Å². The third-order valence-corrected chi connectivity index (χ3v) is 4.54. The van der Waals surface area contributed by atoms with Crippen LogP contribution < -0.4 is 4.74 Å². The Kier molecular flexibility index (Phi) is 5.47. The Balaban J connectivity index is 1.50. The minimum Gasteiger partial charge on any atom is -0.492 e. The molecule has 0 fully saturated rings. The van der Waals surface area contributed by atoms with Crippen LogP contribution in [0.4, 0.5) is 4.39 Å². The van der Waals surface area contributed by atoms with Crippen LogP contribution in [-0.4, -0.2) is 25.9 Å². The van der Waals surface area contributed by atoms with Gasteiger partial charge in [-0.05, 0) is 30.3 Å². The van der Waals surface area contributed by atoms with Crippen LogP contribution in [0.2, 0.25) is 0 Å². The quantitative estimate of drug-likeness (QED) is 0.463. The van der Waals surface area contributed by atoms with Crippen LogP contribution in [0, 0.1) is 5.82 Å². The van der Waals surface area contributed by atoms with Crippen molar-refractivity contribution >= 4 is 0 Å². The lowest BCUT2D eigenvalue weighted by Crippen LogP contribution is -2.12. The molecule has 6 heteroatoms. The molecule has 0 bridgehead atoms. The van der Waals surface area contributed by atoms with Gasteiger partial charge < -0.3 is 9.30 Å². The fourth-order valence-electron chi connectivity index (χ4n) is 3.15. The molecule has 142 valence electrons. The number of benzene rings is 2. The van der Waals surface area contributed by atoms with Crippen LogP contribution in [0.15, 0.2) is 79.4 Å². The van der Waals surface area contributed by atoms with E-state index in [4.69, 9.17) is 4.74 Å². The van der Waals surface area contributed by atoms with Crippen molar-refractivity contribution in [2.45, 2.75) is 19.5 Å². The number of hydrogen-bond acceptors (Lipinski definition) is 3. The first-order valence-corrected chi connectivity index (χ1v) is 9.25. The third-order valence-electron chi connectivity index (χ3n) is 4.54. The van der Waals surface area contributed by atoms with Gasteiger partial charge in [-0.25, -0.2) is 9.37 Å². The van der Waals surface area contributed by atoms with Crippen molar-refractivity contribution in [3.63, 3.8) is 0 Å². The second kappa shape index (κ2) is 8.52. The molecule has 0 aliphatic heterocycles. The van der Waals surface area contributed by atoms with E-state index in [-0.39, 0.29) is 5.82 Å². The zero-order chi connectivity index (χ0) is 19.2. The van der Waals surface area contributed by atoms with Gasteiger partial charge in [0.2, 0.25) is 0 Å². The Morgan fingerprint density at radius 3 is 2.50 bits per heavy atom. The van der Waals surface area contributed by atoms with Crippen molar-refractivity contribution in [1.82, 2.24) is 19.3 Å². The molecule has 4 aromatic rings. The molecule has 0 atom stereocenters. The van der Waals surface area contributed by atoms with Crippen molar-refractivity contribution in [2.75, 3.05) is 6.61 Å². The van der Waals surface area contributed by atoms with Crippen molar-refractivity contribution in [3.8, 4) is 17.0 Å². The molecule has 5 nitrogen and oxygen atoms in total. The number of ether oxygens (including phenoxy) is 1. The summed E-state index contributed by atoms with van der Waals surface area (Å²) in [5, 5.41) is 4.29. The number of halogens is 1. The summed E-state index contributed by atoms with van der Waals surface area (Å²) in [6.45, 7) is 1.91. The van der Waals surface area contributed by atoms with Gasteiger partial charge >= 0.3 is 0 Å². The van der Waals surface area contributed by atoms with Crippen molar-refractivity contribution in [3.05, 3.63) is 90.9 Å². The average Bonchev–Trinajstić information content (AvgIpc) is 3.38. The van der Waals surface area contributed by atoms with Crippen LogP contribution in [0.3, 0.4) is 0 Å². The summed E-state index contributed by atoms with van der Waals surface area (Å²) in [5.74, 6) is 0.387.